The standard InChI is InChI=1S/C19H18ClN3O5/c1-25-12-6-4-11(5-7-12)19-22-18(28-23-19)10-17(24)21-14-8-13(20)15(26-2)9-16(14)27-3/h4-9H,10H2,1-3H3,(H,21,24). The molecule has 146 valence electrons. The summed E-state index contributed by atoms with van der Waals surface area (Å²) < 4.78 is 20.7. The van der Waals surface area contributed by atoms with E-state index in [0.717, 1.165) is 11.3 Å². The Kier molecular flexibility index (Phi) is 6.00. The summed E-state index contributed by atoms with van der Waals surface area (Å²) in [5.41, 5.74) is 1.16. The lowest BCUT2D eigenvalue weighted by Gasteiger charge is -2.12. The highest BCUT2D eigenvalue weighted by atomic mass is 35.5. The van der Waals surface area contributed by atoms with E-state index >= 15 is 0 Å². The summed E-state index contributed by atoms with van der Waals surface area (Å²) in [6.45, 7) is 0. The van der Waals surface area contributed by atoms with Crippen molar-refractivity contribution in [3.8, 4) is 28.6 Å². The maximum absolute atomic E-state index is 12.4. The van der Waals surface area contributed by atoms with Crippen molar-refractivity contribution in [2.24, 2.45) is 0 Å². The van der Waals surface area contributed by atoms with Crippen molar-refractivity contribution >= 4 is 23.2 Å². The molecule has 1 amide bonds. The summed E-state index contributed by atoms with van der Waals surface area (Å²) in [5.74, 6) is 1.79. The Balaban J connectivity index is 1.70. The van der Waals surface area contributed by atoms with Gasteiger partial charge < -0.3 is 24.1 Å². The highest BCUT2D eigenvalue weighted by Gasteiger charge is 2.16. The summed E-state index contributed by atoms with van der Waals surface area (Å²) in [6, 6.07) is 10.3. The molecule has 0 unspecified atom stereocenters. The Morgan fingerprint density at radius 1 is 1.07 bits per heavy atom. The zero-order chi connectivity index (χ0) is 20.1. The highest BCUT2D eigenvalue weighted by molar-refractivity contribution is 6.32. The number of halogens is 1. The molecule has 0 aliphatic heterocycles. The Hall–Kier alpha value is -3.26. The van der Waals surface area contributed by atoms with Gasteiger partial charge in [0.15, 0.2) is 0 Å². The number of ether oxygens (including phenoxy) is 3. The topological polar surface area (TPSA) is 95.7 Å². The lowest BCUT2D eigenvalue weighted by Crippen LogP contribution is -2.15. The average molecular weight is 404 g/mol. The van der Waals surface area contributed by atoms with Crippen LogP contribution in [0, 0.1) is 0 Å². The van der Waals surface area contributed by atoms with Crippen LogP contribution in [0.4, 0.5) is 5.69 Å². The number of nitrogens with zero attached hydrogens (tertiary/aromatic N) is 2. The summed E-state index contributed by atoms with van der Waals surface area (Å²) in [5, 5.41) is 6.97. The van der Waals surface area contributed by atoms with Gasteiger partial charge in [-0.3, -0.25) is 4.79 Å². The number of nitrogens with one attached hydrogen (secondary N) is 1. The van der Waals surface area contributed by atoms with E-state index in [2.05, 4.69) is 15.5 Å². The van der Waals surface area contributed by atoms with Crippen molar-refractivity contribution in [2.75, 3.05) is 26.6 Å². The van der Waals surface area contributed by atoms with Gasteiger partial charge in [0.25, 0.3) is 0 Å². The van der Waals surface area contributed by atoms with E-state index in [-0.39, 0.29) is 18.2 Å². The molecule has 8 nitrogen and oxygen atoms in total. The van der Waals surface area contributed by atoms with Gasteiger partial charge in [-0.25, -0.2) is 0 Å². The van der Waals surface area contributed by atoms with E-state index in [4.69, 9.17) is 30.3 Å². The number of hydrogen-bond acceptors (Lipinski definition) is 7. The summed E-state index contributed by atoms with van der Waals surface area (Å²) in [6.07, 6.45) is -0.101. The van der Waals surface area contributed by atoms with Crippen molar-refractivity contribution in [1.82, 2.24) is 10.1 Å². The normalized spacial score (nSPS) is 10.4. The zero-order valence-electron chi connectivity index (χ0n) is 15.5. The third kappa shape index (κ3) is 4.34. The molecule has 0 aliphatic carbocycles. The van der Waals surface area contributed by atoms with Crippen LogP contribution in [0.25, 0.3) is 11.4 Å². The van der Waals surface area contributed by atoms with Gasteiger partial charge in [-0.1, -0.05) is 16.8 Å². The van der Waals surface area contributed by atoms with Crippen molar-refractivity contribution in [2.45, 2.75) is 6.42 Å². The van der Waals surface area contributed by atoms with Crippen LogP contribution in [-0.4, -0.2) is 37.4 Å². The first-order valence-corrected chi connectivity index (χ1v) is 8.60. The molecule has 0 aliphatic rings. The summed E-state index contributed by atoms with van der Waals surface area (Å²) in [4.78, 5) is 16.6. The first kappa shape index (κ1) is 19.5. The van der Waals surface area contributed by atoms with E-state index in [9.17, 15) is 4.79 Å². The Morgan fingerprint density at radius 3 is 2.43 bits per heavy atom. The van der Waals surface area contributed by atoms with Gasteiger partial charge in [-0.15, -0.1) is 0 Å². The monoisotopic (exact) mass is 403 g/mol. The molecule has 28 heavy (non-hydrogen) atoms. The van der Waals surface area contributed by atoms with Crippen LogP contribution in [0.2, 0.25) is 5.02 Å². The second kappa shape index (κ2) is 8.62. The highest BCUT2D eigenvalue weighted by Crippen LogP contribution is 2.35. The number of amides is 1. The van der Waals surface area contributed by atoms with Gasteiger partial charge in [-0.05, 0) is 30.3 Å². The minimum absolute atomic E-state index is 0.101. The number of anilines is 1. The summed E-state index contributed by atoms with van der Waals surface area (Å²) in [7, 11) is 4.57. The van der Waals surface area contributed by atoms with Gasteiger partial charge in [0.2, 0.25) is 17.6 Å². The van der Waals surface area contributed by atoms with E-state index in [1.165, 1.54) is 14.2 Å². The molecular weight excluding hydrogens is 386 g/mol. The predicted molar refractivity (Wildman–Crippen MR) is 103 cm³/mol. The molecule has 0 bridgehead atoms. The molecular formula is C19H18ClN3O5. The van der Waals surface area contributed by atoms with E-state index < -0.39 is 0 Å². The number of aromatic nitrogens is 2. The fraction of sp³-hybridized carbons (Fsp3) is 0.211. The van der Waals surface area contributed by atoms with Gasteiger partial charge >= 0.3 is 0 Å². The summed E-state index contributed by atoms with van der Waals surface area (Å²) >= 11 is 6.11. The largest absolute Gasteiger partial charge is 0.497 e. The minimum Gasteiger partial charge on any atom is -0.497 e. The lowest BCUT2D eigenvalue weighted by molar-refractivity contribution is -0.115. The number of rotatable bonds is 7. The van der Waals surface area contributed by atoms with Gasteiger partial charge in [0.1, 0.15) is 23.7 Å². The van der Waals surface area contributed by atoms with Crippen LogP contribution in [0.3, 0.4) is 0 Å². The second-order valence-corrected chi connectivity index (χ2v) is 6.06. The third-order valence-corrected chi connectivity index (χ3v) is 4.17. The molecule has 0 radical (unpaired) electrons. The molecule has 0 saturated heterocycles. The first-order valence-electron chi connectivity index (χ1n) is 8.22. The van der Waals surface area contributed by atoms with Crippen LogP contribution < -0.4 is 19.5 Å². The number of carbonyl (C=O) groups excluding carboxylic acids is 1. The SMILES string of the molecule is COc1ccc(-c2noc(CC(=O)Nc3cc(Cl)c(OC)cc3OC)n2)cc1. The third-order valence-electron chi connectivity index (χ3n) is 3.88. The van der Waals surface area contributed by atoms with Crippen molar-refractivity contribution in [3.05, 3.63) is 47.3 Å². The molecule has 9 heteroatoms. The van der Waals surface area contributed by atoms with Gasteiger partial charge in [0, 0.05) is 11.6 Å². The van der Waals surface area contributed by atoms with Crippen molar-refractivity contribution < 1.29 is 23.5 Å². The fourth-order valence-electron chi connectivity index (χ4n) is 2.47. The van der Waals surface area contributed by atoms with Crippen LogP contribution in [0.1, 0.15) is 5.89 Å². The average Bonchev–Trinajstić information content (AvgIpc) is 3.16. The van der Waals surface area contributed by atoms with E-state index in [1.807, 2.05) is 0 Å². The van der Waals surface area contributed by atoms with Crippen LogP contribution in [-0.2, 0) is 11.2 Å². The number of carbonyl (C=O) groups is 1. The maximum atomic E-state index is 12.4. The number of hydrogen-bond donors (Lipinski definition) is 1. The van der Waals surface area contributed by atoms with Crippen LogP contribution in [0.5, 0.6) is 17.2 Å². The van der Waals surface area contributed by atoms with E-state index in [0.29, 0.717) is 28.0 Å². The molecule has 0 fully saturated rings. The number of benzene rings is 2. The zero-order valence-corrected chi connectivity index (χ0v) is 16.2. The molecule has 1 N–H and O–H groups in total. The van der Waals surface area contributed by atoms with Crippen molar-refractivity contribution in [1.29, 1.82) is 0 Å². The lowest BCUT2D eigenvalue weighted by atomic mass is 10.2. The van der Waals surface area contributed by atoms with Crippen LogP contribution in [0.15, 0.2) is 40.9 Å². The molecule has 0 atom stereocenters. The molecule has 1 heterocycles. The second-order valence-electron chi connectivity index (χ2n) is 5.65. The van der Waals surface area contributed by atoms with Gasteiger partial charge in [0.05, 0.1) is 32.0 Å². The van der Waals surface area contributed by atoms with Crippen LogP contribution >= 0.6 is 11.6 Å². The maximum Gasteiger partial charge on any atom is 0.236 e. The predicted octanol–water partition coefficient (Wildman–Crippen LogP) is 3.60. The molecule has 1 aromatic heterocycles. The smallest absolute Gasteiger partial charge is 0.236 e. The molecule has 0 spiro atoms. The van der Waals surface area contributed by atoms with E-state index in [1.54, 1.807) is 43.5 Å². The first-order chi connectivity index (χ1) is 13.5. The molecule has 3 rings (SSSR count). The van der Waals surface area contributed by atoms with Gasteiger partial charge in [-0.2, -0.15) is 4.98 Å². The quantitative estimate of drug-likeness (QED) is 0.643. The number of methoxy groups -OCH3 is 3. The molecule has 2 aromatic carbocycles. The Bertz CT molecular complexity index is 972. The molecule has 3 aromatic rings. The fourth-order valence-corrected chi connectivity index (χ4v) is 2.71. The Morgan fingerprint density at radius 2 is 1.79 bits per heavy atom. The molecule has 0 saturated carbocycles. The minimum atomic E-state index is -0.357. The van der Waals surface area contributed by atoms with Crippen molar-refractivity contribution in [3.63, 3.8) is 0 Å². The Labute approximate surface area is 166 Å².